The lowest BCUT2D eigenvalue weighted by Gasteiger charge is -2.09. The zero-order valence-electron chi connectivity index (χ0n) is 10.6. The maximum Gasteiger partial charge on any atom is 0.243 e. The molecule has 0 amide bonds. The minimum absolute atomic E-state index is 0.491. The summed E-state index contributed by atoms with van der Waals surface area (Å²) in [5.74, 6) is 0.629. The maximum absolute atomic E-state index is 6.11. The van der Waals surface area contributed by atoms with Gasteiger partial charge in [-0.1, -0.05) is 47.7 Å². The lowest BCUT2D eigenvalue weighted by Crippen LogP contribution is -2.09. The molecular weight excluding hydrogens is 285 g/mol. The van der Waals surface area contributed by atoms with Crippen molar-refractivity contribution in [3.63, 3.8) is 0 Å². The Morgan fingerprint density at radius 2 is 2.00 bits per heavy atom. The Hall–Kier alpha value is -1.33. The van der Waals surface area contributed by atoms with Crippen molar-refractivity contribution >= 4 is 29.2 Å². The van der Waals surface area contributed by atoms with Gasteiger partial charge >= 0.3 is 0 Å². The third kappa shape index (κ3) is 3.58. The summed E-state index contributed by atoms with van der Waals surface area (Å²) >= 11 is 12.2. The van der Waals surface area contributed by atoms with E-state index in [-0.39, 0.29) is 0 Å². The van der Waals surface area contributed by atoms with Crippen LogP contribution in [0.1, 0.15) is 25.3 Å². The third-order valence-electron chi connectivity index (χ3n) is 2.74. The van der Waals surface area contributed by atoms with E-state index in [9.17, 15) is 0 Å². The highest BCUT2D eigenvalue weighted by Gasteiger charge is 2.08. The highest BCUT2D eigenvalue weighted by atomic mass is 35.5. The van der Waals surface area contributed by atoms with Crippen LogP contribution in [-0.4, -0.2) is 20.2 Å². The molecule has 2 aromatic rings. The highest BCUT2D eigenvalue weighted by molar-refractivity contribution is 6.36. The van der Waals surface area contributed by atoms with E-state index in [0.29, 0.717) is 22.5 Å². The van der Waals surface area contributed by atoms with Crippen molar-refractivity contribution in [3.05, 3.63) is 33.8 Å². The Balaban J connectivity index is 2.04. The van der Waals surface area contributed by atoms with Crippen molar-refractivity contribution in [2.24, 2.45) is 0 Å². The molecule has 0 aliphatic rings. The van der Waals surface area contributed by atoms with E-state index < -0.39 is 0 Å². The standard InChI is InChI=1S/C12H15Cl2N5/c1-2-3-7-19-12(16-17-18-19)15-8-9-10(13)5-4-6-11(9)14/h4-6H,2-3,7-8H2,1H3,(H,15,16,18). The third-order valence-corrected chi connectivity index (χ3v) is 3.45. The molecule has 1 aromatic heterocycles. The van der Waals surface area contributed by atoms with Crippen molar-refractivity contribution in [2.45, 2.75) is 32.9 Å². The van der Waals surface area contributed by atoms with Crippen LogP contribution in [0.3, 0.4) is 0 Å². The number of anilines is 1. The SMILES string of the molecule is CCCCn1nnnc1NCc1c(Cl)cccc1Cl. The number of benzene rings is 1. The first-order valence-corrected chi connectivity index (χ1v) is 6.91. The number of hydrogen-bond donors (Lipinski definition) is 1. The van der Waals surface area contributed by atoms with Crippen LogP contribution in [0.15, 0.2) is 18.2 Å². The fraction of sp³-hybridized carbons (Fsp3) is 0.417. The molecule has 7 heteroatoms. The summed E-state index contributed by atoms with van der Waals surface area (Å²) in [4.78, 5) is 0. The van der Waals surface area contributed by atoms with Crippen molar-refractivity contribution < 1.29 is 0 Å². The molecule has 0 unspecified atom stereocenters. The molecule has 0 saturated carbocycles. The second-order valence-corrected chi connectivity index (χ2v) is 4.95. The van der Waals surface area contributed by atoms with Gasteiger partial charge in [0.2, 0.25) is 5.95 Å². The van der Waals surface area contributed by atoms with E-state index >= 15 is 0 Å². The average molecular weight is 300 g/mol. The van der Waals surface area contributed by atoms with Crippen LogP contribution < -0.4 is 5.32 Å². The topological polar surface area (TPSA) is 55.6 Å². The molecule has 5 nitrogen and oxygen atoms in total. The minimum atomic E-state index is 0.491. The molecular formula is C12H15Cl2N5. The quantitative estimate of drug-likeness (QED) is 0.888. The normalized spacial score (nSPS) is 10.7. The monoisotopic (exact) mass is 299 g/mol. The number of unbranched alkanes of at least 4 members (excludes halogenated alkanes) is 1. The zero-order valence-corrected chi connectivity index (χ0v) is 12.1. The molecule has 19 heavy (non-hydrogen) atoms. The predicted molar refractivity (Wildman–Crippen MR) is 76.5 cm³/mol. The number of nitrogens with zero attached hydrogens (tertiary/aromatic N) is 4. The second kappa shape index (κ2) is 6.73. The van der Waals surface area contributed by atoms with Gasteiger partial charge < -0.3 is 5.32 Å². The molecule has 0 fully saturated rings. The molecule has 0 spiro atoms. The number of aromatic nitrogens is 4. The van der Waals surface area contributed by atoms with Crippen LogP contribution in [0.25, 0.3) is 0 Å². The molecule has 0 saturated heterocycles. The molecule has 0 bridgehead atoms. The number of halogens is 2. The fourth-order valence-corrected chi connectivity index (χ4v) is 2.19. The summed E-state index contributed by atoms with van der Waals surface area (Å²) in [5, 5.41) is 16.0. The van der Waals surface area contributed by atoms with E-state index in [1.165, 1.54) is 0 Å². The van der Waals surface area contributed by atoms with Gasteiger partial charge in [0.25, 0.3) is 0 Å². The molecule has 1 N–H and O–H groups in total. The van der Waals surface area contributed by atoms with Crippen LogP contribution in [0.2, 0.25) is 10.0 Å². The van der Waals surface area contributed by atoms with Crippen LogP contribution in [0.5, 0.6) is 0 Å². The van der Waals surface area contributed by atoms with Gasteiger partial charge in [-0.05, 0) is 29.0 Å². The number of hydrogen-bond acceptors (Lipinski definition) is 4. The zero-order chi connectivity index (χ0) is 13.7. The van der Waals surface area contributed by atoms with E-state index in [1.807, 2.05) is 18.2 Å². The first kappa shape index (κ1) is 14.1. The number of rotatable bonds is 6. The molecule has 2 rings (SSSR count). The van der Waals surface area contributed by atoms with Gasteiger partial charge in [-0.15, -0.1) is 0 Å². The summed E-state index contributed by atoms with van der Waals surface area (Å²) in [6, 6.07) is 5.44. The van der Waals surface area contributed by atoms with E-state index in [2.05, 4.69) is 27.8 Å². The first-order chi connectivity index (χ1) is 9.22. The molecule has 0 aliphatic carbocycles. The Morgan fingerprint density at radius 3 is 2.68 bits per heavy atom. The van der Waals surface area contributed by atoms with Gasteiger partial charge in [0, 0.05) is 28.7 Å². The van der Waals surface area contributed by atoms with Crippen LogP contribution in [-0.2, 0) is 13.1 Å². The van der Waals surface area contributed by atoms with Crippen LogP contribution >= 0.6 is 23.2 Å². The Kier molecular flexibility index (Phi) is 4.99. The van der Waals surface area contributed by atoms with Crippen molar-refractivity contribution in [3.8, 4) is 0 Å². The summed E-state index contributed by atoms with van der Waals surface area (Å²) < 4.78 is 1.74. The largest absolute Gasteiger partial charge is 0.349 e. The molecule has 0 radical (unpaired) electrons. The van der Waals surface area contributed by atoms with E-state index in [1.54, 1.807) is 4.68 Å². The molecule has 1 heterocycles. The minimum Gasteiger partial charge on any atom is -0.349 e. The van der Waals surface area contributed by atoms with Crippen LogP contribution in [0.4, 0.5) is 5.95 Å². The fourth-order valence-electron chi connectivity index (χ4n) is 1.66. The first-order valence-electron chi connectivity index (χ1n) is 6.15. The Morgan fingerprint density at radius 1 is 1.26 bits per heavy atom. The van der Waals surface area contributed by atoms with Gasteiger partial charge in [-0.2, -0.15) is 0 Å². The maximum atomic E-state index is 6.11. The van der Waals surface area contributed by atoms with Gasteiger partial charge in [-0.25, -0.2) is 4.68 Å². The van der Waals surface area contributed by atoms with Gasteiger partial charge in [0.1, 0.15) is 0 Å². The summed E-state index contributed by atoms with van der Waals surface area (Å²) in [6.07, 6.45) is 2.13. The van der Waals surface area contributed by atoms with E-state index in [0.717, 1.165) is 24.9 Å². The summed E-state index contributed by atoms with van der Waals surface area (Å²) in [5.41, 5.74) is 0.843. The molecule has 0 aliphatic heterocycles. The van der Waals surface area contributed by atoms with Gasteiger partial charge in [0.15, 0.2) is 0 Å². The highest BCUT2D eigenvalue weighted by Crippen LogP contribution is 2.24. The second-order valence-electron chi connectivity index (χ2n) is 4.13. The summed E-state index contributed by atoms with van der Waals surface area (Å²) in [7, 11) is 0. The van der Waals surface area contributed by atoms with Gasteiger partial charge in [0.05, 0.1) is 0 Å². The number of nitrogens with one attached hydrogen (secondary N) is 1. The van der Waals surface area contributed by atoms with E-state index in [4.69, 9.17) is 23.2 Å². The van der Waals surface area contributed by atoms with Crippen molar-refractivity contribution in [1.29, 1.82) is 0 Å². The predicted octanol–water partition coefficient (Wildman–Crippen LogP) is 3.39. The van der Waals surface area contributed by atoms with Crippen molar-refractivity contribution in [2.75, 3.05) is 5.32 Å². The average Bonchev–Trinajstić information content (AvgIpc) is 2.83. The molecule has 102 valence electrons. The van der Waals surface area contributed by atoms with Gasteiger partial charge in [-0.3, -0.25) is 0 Å². The number of aryl methyl sites for hydroxylation is 1. The number of tetrazole rings is 1. The smallest absolute Gasteiger partial charge is 0.243 e. The lowest BCUT2D eigenvalue weighted by atomic mass is 10.2. The Bertz CT molecular complexity index is 520. The van der Waals surface area contributed by atoms with Crippen LogP contribution in [0, 0.1) is 0 Å². The molecule has 1 aromatic carbocycles. The summed E-state index contributed by atoms with van der Waals surface area (Å²) in [6.45, 7) is 3.41. The molecule has 0 atom stereocenters. The lowest BCUT2D eigenvalue weighted by molar-refractivity contribution is 0.556. The Labute approximate surface area is 121 Å². The van der Waals surface area contributed by atoms with Crippen molar-refractivity contribution in [1.82, 2.24) is 20.2 Å².